The van der Waals surface area contributed by atoms with Crippen LogP contribution in [0.1, 0.15) is 40.5 Å². The number of hydrogen-bond acceptors (Lipinski definition) is 5. The van der Waals surface area contributed by atoms with Crippen LogP contribution in [0.25, 0.3) is 0 Å². The first-order valence-corrected chi connectivity index (χ1v) is 5.74. The molecular formula is C11H21N5. The number of hydrogen-bond donors (Lipinski definition) is 2. The van der Waals surface area contributed by atoms with Crippen molar-refractivity contribution in [3.05, 3.63) is 0 Å². The summed E-state index contributed by atoms with van der Waals surface area (Å²) >= 11 is 0. The zero-order chi connectivity index (χ0) is 12.1. The molecule has 1 atom stereocenters. The van der Waals surface area contributed by atoms with E-state index >= 15 is 0 Å². The second kappa shape index (κ2) is 3.28. The van der Waals surface area contributed by atoms with Crippen LogP contribution in [0.3, 0.4) is 0 Å². The largest absolute Gasteiger partial charge is 0.289 e. The predicted octanol–water partition coefficient (Wildman–Crippen LogP) is 1.06. The summed E-state index contributed by atoms with van der Waals surface area (Å²) in [6.07, 6.45) is 2.31. The average molecular weight is 223 g/mol. The summed E-state index contributed by atoms with van der Waals surface area (Å²) in [5.74, 6) is 7.26. The molecule has 2 aliphatic rings. The van der Waals surface area contributed by atoms with Crippen LogP contribution in [0.15, 0.2) is 9.98 Å². The fourth-order valence-electron chi connectivity index (χ4n) is 1.65. The standard InChI is InChI=1S/C11H21N5/c1-10(2,3)9-14-8(7-5-6-7)16(13)11(4,12)15-9/h7H,5-6,12-13H2,1-4H3. The molecule has 0 spiro atoms. The first-order valence-electron chi connectivity index (χ1n) is 5.74. The van der Waals surface area contributed by atoms with Gasteiger partial charge in [-0.3, -0.25) is 10.7 Å². The summed E-state index contributed by atoms with van der Waals surface area (Å²) in [6.45, 7) is 8.07. The average Bonchev–Trinajstić information content (AvgIpc) is 2.90. The minimum Gasteiger partial charge on any atom is -0.289 e. The SMILES string of the molecule is CC(C)(C)C1=NC(C)(N)N(N)C(C2CC2)=N1. The number of amidine groups is 2. The highest BCUT2D eigenvalue weighted by Crippen LogP contribution is 2.35. The smallest absolute Gasteiger partial charge is 0.198 e. The van der Waals surface area contributed by atoms with E-state index in [0.717, 1.165) is 24.5 Å². The molecule has 0 saturated heterocycles. The van der Waals surface area contributed by atoms with E-state index in [4.69, 9.17) is 11.6 Å². The van der Waals surface area contributed by atoms with Crippen molar-refractivity contribution in [3.63, 3.8) is 0 Å². The molecule has 1 unspecified atom stereocenters. The number of aliphatic imine (C=N–C) groups is 2. The van der Waals surface area contributed by atoms with Gasteiger partial charge in [0, 0.05) is 11.3 Å². The number of nitrogens with zero attached hydrogens (tertiary/aromatic N) is 3. The Morgan fingerprint density at radius 3 is 2.38 bits per heavy atom. The Morgan fingerprint density at radius 1 is 1.38 bits per heavy atom. The van der Waals surface area contributed by atoms with Gasteiger partial charge in [0.05, 0.1) is 0 Å². The van der Waals surface area contributed by atoms with Gasteiger partial charge >= 0.3 is 0 Å². The maximum atomic E-state index is 6.10. The lowest BCUT2D eigenvalue weighted by Crippen LogP contribution is -2.62. The lowest BCUT2D eigenvalue weighted by molar-refractivity contribution is 0.201. The van der Waals surface area contributed by atoms with Crippen LogP contribution >= 0.6 is 0 Å². The highest BCUT2D eigenvalue weighted by Gasteiger charge is 2.41. The molecule has 16 heavy (non-hydrogen) atoms. The van der Waals surface area contributed by atoms with Crippen molar-refractivity contribution in [1.29, 1.82) is 0 Å². The van der Waals surface area contributed by atoms with Gasteiger partial charge in [-0.2, -0.15) is 0 Å². The molecule has 0 aromatic rings. The van der Waals surface area contributed by atoms with E-state index in [2.05, 4.69) is 30.8 Å². The van der Waals surface area contributed by atoms with Crippen LogP contribution in [0, 0.1) is 11.3 Å². The first kappa shape index (κ1) is 11.5. The molecule has 1 aliphatic heterocycles. The lowest BCUT2D eigenvalue weighted by Gasteiger charge is -2.38. The molecule has 5 nitrogen and oxygen atoms in total. The molecule has 2 rings (SSSR count). The van der Waals surface area contributed by atoms with Crippen LogP contribution < -0.4 is 11.6 Å². The van der Waals surface area contributed by atoms with Gasteiger partial charge in [0.15, 0.2) is 5.79 Å². The van der Waals surface area contributed by atoms with E-state index in [9.17, 15) is 0 Å². The second-order valence-electron chi connectivity index (χ2n) is 5.89. The molecule has 1 heterocycles. The van der Waals surface area contributed by atoms with Crippen molar-refractivity contribution in [2.24, 2.45) is 32.9 Å². The number of hydrazine groups is 1. The van der Waals surface area contributed by atoms with Gasteiger partial charge in [-0.1, -0.05) is 20.8 Å². The number of nitrogens with two attached hydrogens (primary N) is 2. The van der Waals surface area contributed by atoms with Crippen LogP contribution in [-0.2, 0) is 0 Å². The lowest BCUT2D eigenvalue weighted by atomic mass is 9.94. The summed E-state index contributed by atoms with van der Waals surface area (Å²) in [5.41, 5.74) is 6.00. The molecule has 5 heteroatoms. The summed E-state index contributed by atoms with van der Waals surface area (Å²) in [6, 6.07) is 0. The fraction of sp³-hybridized carbons (Fsp3) is 0.818. The molecule has 1 fully saturated rings. The Balaban J connectivity index is 2.39. The van der Waals surface area contributed by atoms with Crippen molar-refractivity contribution < 1.29 is 0 Å². The van der Waals surface area contributed by atoms with Gasteiger partial charge in [0.2, 0.25) is 0 Å². The van der Waals surface area contributed by atoms with Gasteiger partial charge in [-0.05, 0) is 19.8 Å². The Morgan fingerprint density at radius 2 is 1.94 bits per heavy atom. The second-order valence-corrected chi connectivity index (χ2v) is 5.89. The van der Waals surface area contributed by atoms with Crippen molar-refractivity contribution >= 4 is 11.7 Å². The normalized spacial score (nSPS) is 31.2. The third-order valence-electron chi connectivity index (χ3n) is 2.90. The Bertz CT molecular complexity index is 357. The molecule has 90 valence electrons. The van der Waals surface area contributed by atoms with Gasteiger partial charge < -0.3 is 0 Å². The van der Waals surface area contributed by atoms with Crippen LogP contribution in [-0.4, -0.2) is 22.5 Å². The van der Waals surface area contributed by atoms with E-state index in [1.54, 1.807) is 0 Å². The van der Waals surface area contributed by atoms with Crippen molar-refractivity contribution in [2.75, 3.05) is 0 Å². The fourth-order valence-corrected chi connectivity index (χ4v) is 1.65. The van der Waals surface area contributed by atoms with E-state index in [-0.39, 0.29) is 5.41 Å². The Kier molecular flexibility index (Phi) is 2.36. The minimum absolute atomic E-state index is 0.0952. The molecule has 1 aliphatic carbocycles. The van der Waals surface area contributed by atoms with Crippen LogP contribution in [0.5, 0.6) is 0 Å². The third-order valence-corrected chi connectivity index (χ3v) is 2.90. The van der Waals surface area contributed by atoms with E-state index < -0.39 is 5.79 Å². The molecule has 0 amide bonds. The maximum absolute atomic E-state index is 6.10. The zero-order valence-electron chi connectivity index (χ0n) is 10.5. The Labute approximate surface area is 96.6 Å². The van der Waals surface area contributed by atoms with E-state index in [1.807, 2.05) is 6.92 Å². The minimum atomic E-state index is -0.873. The maximum Gasteiger partial charge on any atom is 0.198 e. The topological polar surface area (TPSA) is 80.0 Å². The van der Waals surface area contributed by atoms with Crippen molar-refractivity contribution in [1.82, 2.24) is 5.01 Å². The highest BCUT2D eigenvalue weighted by molar-refractivity contribution is 6.02. The van der Waals surface area contributed by atoms with Gasteiger partial charge in [-0.25, -0.2) is 15.8 Å². The van der Waals surface area contributed by atoms with Crippen LogP contribution in [0.2, 0.25) is 0 Å². The summed E-state index contributed by atoms with van der Waals surface area (Å²) in [5, 5.41) is 1.51. The monoisotopic (exact) mass is 223 g/mol. The summed E-state index contributed by atoms with van der Waals surface area (Å²) in [4.78, 5) is 9.01. The predicted molar refractivity (Wildman–Crippen MR) is 65.7 cm³/mol. The van der Waals surface area contributed by atoms with E-state index in [1.165, 1.54) is 5.01 Å². The Hall–Kier alpha value is -0.940. The zero-order valence-corrected chi connectivity index (χ0v) is 10.5. The number of rotatable bonds is 1. The summed E-state index contributed by atoms with van der Waals surface area (Å²) < 4.78 is 0. The van der Waals surface area contributed by atoms with Crippen molar-refractivity contribution in [3.8, 4) is 0 Å². The quantitative estimate of drug-likeness (QED) is 0.652. The van der Waals surface area contributed by atoms with Gasteiger partial charge in [0.1, 0.15) is 11.7 Å². The third kappa shape index (κ3) is 1.97. The molecule has 0 aromatic heterocycles. The van der Waals surface area contributed by atoms with E-state index in [0.29, 0.717) is 5.92 Å². The highest BCUT2D eigenvalue weighted by atomic mass is 15.6. The van der Waals surface area contributed by atoms with Crippen LogP contribution in [0.4, 0.5) is 0 Å². The van der Waals surface area contributed by atoms with Gasteiger partial charge in [0.25, 0.3) is 0 Å². The summed E-state index contributed by atoms with van der Waals surface area (Å²) in [7, 11) is 0. The van der Waals surface area contributed by atoms with Gasteiger partial charge in [-0.15, -0.1) is 0 Å². The van der Waals surface area contributed by atoms with Crippen molar-refractivity contribution in [2.45, 2.75) is 46.3 Å². The molecule has 1 saturated carbocycles. The molecule has 4 N–H and O–H groups in total. The molecule has 0 radical (unpaired) electrons. The molecule has 0 aromatic carbocycles. The molecule has 0 bridgehead atoms. The first-order chi connectivity index (χ1) is 7.22. The molecular weight excluding hydrogens is 202 g/mol.